The molecule has 1 amide bonds. The molecule has 0 saturated heterocycles. The second-order valence-corrected chi connectivity index (χ2v) is 6.37. The summed E-state index contributed by atoms with van der Waals surface area (Å²) >= 11 is 5.81. The van der Waals surface area contributed by atoms with E-state index in [1.165, 1.54) is 6.08 Å². The van der Waals surface area contributed by atoms with E-state index in [4.69, 9.17) is 16.3 Å². The first-order valence-corrected chi connectivity index (χ1v) is 8.86. The van der Waals surface area contributed by atoms with E-state index in [1.807, 2.05) is 24.3 Å². The molecule has 0 saturated carbocycles. The summed E-state index contributed by atoms with van der Waals surface area (Å²) in [5.74, 6) is -0.615. The van der Waals surface area contributed by atoms with E-state index >= 15 is 0 Å². The van der Waals surface area contributed by atoms with Crippen molar-refractivity contribution in [3.05, 3.63) is 70.8 Å². The lowest BCUT2D eigenvalue weighted by molar-refractivity contribution is -0.142. The third-order valence-electron chi connectivity index (χ3n) is 4.01. The van der Waals surface area contributed by atoms with Crippen LogP contribution in [0.2, 0.25) is 5.02 Å². The third-order valence-corrected chi connectivity index (χ3v) is 4.26. The molecular weight excluding hydrogens is 350 g/mol. The minimum atomic E-state index is -0.578. The monoisotopic (exact) mass is 371 g/mol. The molecule has 0 bridgehead atoms. The van der Waals surface area contributed by atoms with E-state index < -0.39 is 5.97 Å². The average Bonchev–Trinajstić information content (AvgIpc) is 2.65. The number of amides is 1. The zero-order valence-electron chi connectivity index (χ0n) is 14.9. The molecule has 4 nitrogen and oxygen atoms in total. The fraction of sp³-hybridized carbons (Fsp3) is 0.238. The number of anilines is 1. The Kier molecular flexibility index (Phi) is 7.42. The van der Waals surface area contributed by atoms with Gasteiger partial charge in [-0.05, 0) is 47.7 Å². The van der Waals surface area contributed by atoms with Crippen molar-refractivity contribution < 1.29 is 14.3 Å². The Labute approximate surface area is 158 Å². The van der Waals surface area contributed by atoms with Crippen molar-refractivity contribution in [2.24, 2.45) is 0 Å². The van der Waals surface area contributed by atoms with E-state index in [9.17, 15) is 9.59 Å². The largest absolute Gasteiger partial charge is 0.452 e. The van der Waals surface area contributed by atoms with Gasteiger partial charge in [-0.25, -0.2) is 4.79 Å². The Morgan fingerprint density at radius 2 is 1.85 bits per heavy atom. The zero-order valence-corrected chi connectivity index (χ0v) is 15.6. The van der Waals surface area contributed by atoms with Crippen molar-refractivity contribution in [2.45, 2.75) is 26.2 Å². The van der Waals surface area contributed by atoms with Gasteiger partial charge in [-0.15, -0.1) is 0 Å². The second-order valence-electron chi connectivity index (χ2n) is 5.94. The topological polar surface area (TPSA) is 55.4 Å². The summed E-state index contributed by atoms with van der Waals surface area (Å²) < 4.78 is 4.98. The van der Waals surface area contributed by atoms with Gasteiger partial charge in [-0.2, -0.15) is 0 Å². The fourth-order valence-corrected chi connectivity index (χ4v) is 2.50. The molecular formula is C21H22ClNO3. The maximum absolute atomic E-state index is 12.1. The molecule has 2 rings (SSSR count). The van der Waals surface area contributed by atoms with Crippen molar-refractivity contribution in [1.82, 2.24) is 0 Å². The number of hydrogen-bond donors (Lipinski definition) is 1. The van der Waals surface area contributed by atoms with Crippen LogP contribution in [0.4, 0.5) is 5.69 Å². The summed E-state index contributed by atoms with van der Waals surface area (Å²) in [7, 11) is 0. The third kappa shape index (κ3) is 6.05. The SMILES string of the molecule is CC[C@@H](C)c1ccccc1NC(=O)COC(=O)/C=C/c1ccc(Cl)cc1. The van der Waals surface area contributed by atoms with Crippen LogP contribution in [0, 0.1) is 0 Å². The summed E-state index contributed by atoms with van der Waals surface area (Å²) in [5.41, 5.74) is 2.63. The summed E-state index contributed by atoms with van der Waals surface area (Å²) in [6.45, 7) is 3.86. The molecule has 0 radical (unpaired) electrons. The molecule has 5 heteroatoms. The smallest absolute Gasteiger partial charge is 0.331 e. The fourth-order valence-electron chi connectivity index (χ4n) is 2.37. The normalized spacial score (nSPS) is 12.0. The number of para-hydroxylation sites is 1. The molecule has 0 aromatic heterocycles. The van der Waals surface area contributed by atoms with Crippen molar-refractivity contribution in [1.29, 1.82) is 0 Å². The Bertz CT molecular complexity index is 784. The molecule has 1 N–H and O–H groups in total. The van der Waals surface area contributed by atoms with Gasteiger partial charge in [-0.1, -0.05) is 55.8 Å². The number of nitrogens with one attached hydrogen (secondary N) is 1. The number of hydrogen-bond acceptors (Lipinski definition) is 3. The Hall–Kier alpha value is -2.59. The maximum Gasteiger partial charge on any atom is 0.331 e. The Morgan fingerprint density at radius 1 is 1.15 bits per heavy atom. The summed E-state index contributed by atoms with van der Waals surface area (Å²) in [4.78, 5) is 23.8. The summed E-state index contributed by atoms with van der Waals surface area (Å²) in [5, 5.41) is 3.43. The highest BCUT2D eigenvalue weighted by atomic mass is 35.5. The molecule has 0 heterocycles. The van der Waals surface area contributed by atoms with Crippen LogP contribution in [0.3, 0.4) is 0 Å². The van der Waals surface area contributed by atoms with Crippen LogP contribution in [-0.4, -0.2) is 18.5 Å². The van der Waals surface area contributed by atoms with Gasteiger partial charge in [-0.3, -0.25) is 4.79 Å². The van der Waals surface area contributed by atoms with Crippen LogP contribution >= 0.6 is 11.6 Å². The first-order chi connectivity index (χ1) is 12.5. The lowest BCUT2D eigenvalue weighted by Gasteiger charge is -2.15. The molecule has 0 unspecified atom stereocenters. The lowest BCUT2D eigenvalue weighted by atomic mass is 9.97. The van der Waals surface area contributed by atoms with E-state index in [0.29, 0.717) is 10.9 Å². The highest BCUT2D eigenvalue weighted by Gasteiger charge is 2.12. The molecule has 0 aliphatic rings. The first kappa shape index (κ1) is 19.7. The quantitative estimate of drug-likeness (QED) is 0.547. The highest BCUT2D eigenvalue weighted by Crippen LogP contribution is 2.26. The van der Waals surface area contributed by atoms with Gasteiger partial charge < -0.3 is 10.1 Å². The molecule has 26 heavy (non-hydrogen) atoms. The van der Waals surface area contributed by atoms with Crippen LogP contribution < -0.4 is 5.32 Å². The Balaban J connectivity index is 1.87. The molecule has 136 valence electrons. The highest BCUT2D eigenvalue weighted by molar-refractivity contribution is 6.30. The number of ether oxygens (including phenoxy) is 1. The molecule has 1 atom stereocenters. The van der Waals surface area contributed by atoms with Crippen LogP contribution in [0.15, 0.2) is 54.6 Å². The van der Waals surface area contributed by atoms with Gasteiger partial charge in [0.2, 0.25) is 0 Å². The van der Waals surface area contributed by atoms with Gasteiger partial charge >= 0.3 is 5.97 Å². The van der Waals surface area contributed by atoms with Crippen molar-refractivity contribution in [2.75, 3.05) is 11.9 Å². The van der Waals surface area contributed by atoms with Gasteiger partial charge in [0.05, 0.1) is 0 Å². The predicted molar refractivity (Wildman–Crippen MR) is 105 cm³/mol. The molecule has 0 aliphatic heterocycles. The molecule has 2 aromatic carbocycles. The number of esters is 1. The second kappa shape index (κ2) is 9.78. The molecule has 0 aliphatic carbocycles. The van der Waals surface area contributed by atoms with E-state index in [1.54, 1.807) is 30.3 Å². The average molecular weight is 372 g/mol. The van der Waals surface area contributed by atoms with Crippen LogP contribution in [-0.2, 0) is 14.3 Å². The van der Waals surface area contributed by atoms with Crippen LogP contribution in [0.25, 0.3) is 6.08 Å². The predicted octanol–water partition coefficient (Wildman–Crippen LogP) is 5.05. The van der Waals surface area contributed by atoms with Gasteiger partial charge in [0.15, 0.2) is 6.61 Å². The molecule has 2 aromatic rings. The molecule has 0 spiro atoms. The zero-order chi connectivity index (χ0) is 18.9. The van der Waals surface area contributed by atoms with E-state index in [2.05, 4.69) is 19.2 Å². The van der Waals surface area contributed by atoms with Crippen molar-refractivity contribution in [3.8, 4) is 0 Å². The number of carbonyl (C=O) groups excluding carboxylic acids is 2. The Morgan fingerprint density at radius 3 is 2.54 bits per heavy atom. The minimum Gasteiger partial charge on any atom is -0.452 e. The number of rotatable bonds is 7. The summed E-state index contributed by atoms with van der Waals surface area (Å²) in [6.07, 6.45) is 3.86. The van der Waals surface area contributed by atoms with Gasteiger partial charge in [0.25, 0.3) is 5.91 Å². The van der Waals surface area contributed by atoms with Crippen molar-refractivity contribution >= 4 is 35.2 Å². The van der Waals surface area contributed by atoms with E-state index in [-0.39, 0.29) is 12.5 Å². The van der Waals surface area contributed by atoms with Gasteiger partial charge in [0, 0.05) is 16.8 Å². The standard InChI is InChI=1S/C21H22ClNO3/c1-3-15(2)18-6-4-5-7-19(18)23-20(24)14-26-21(25)13-10-16-8-11-17(22)12-9-16/h4-13,15H,3,14H2,1-2H3,(H,23,24)/b13-10+/t15-/m1/s1. The van der Waals surface area contributed by atoms with Crippen LogP contribution in [0.1, 0.15) is 37.3 Å². The minimum absolute atomic E-state index is 0.330. The number of benzene rings is 2. The summed E-state index contributed by atoms with van der Waals surface area (Å²) in [6, 6.07) is 14.7. The first-order valence-electron chi connectivity index (χ1n) is 8.48. The lowest BCUT2D eigenvalue weighted by Crippen LogP contribution is -2.21. The molecule has 0 fully saturated rings. The van der Waals surface area contributed by atoms with E-state index in [0.717, 1.165) is 23.2 Å². The van der Waals surface area contributed by atoms with Crippen LogP contribution in [0.5, 0.6) is 0 Å². The van der Waals surface area contributed by atoms with Gasteiger partial charge in [0.1, 0.15) is 0 Å². The number of halogens is 1. The number of carbonyl (C=O) groups is 2. The maximum atomic E-state index is 12.1. The van der Waals surface area contributed by atoms with Crippen molar-refractivity contribution in [3.63, 3.8) is 0 Å².